The molecule has 2 fully saturated rings. The number of sulfone groups is 1. The second kappa shape index (κ2) is 10.6. The summed E-state index contributed by atoms with van der Waals surface area (Å²) in [7, 11) is -5.70. The predicted molar refractivity (Wildman–Crippen MR) is 163 cm³/mol. The average Bonchev–Trinajstić information content (AvgIpc) is 3.85. The molecule has 228 valence electrons. The third-order valence-corrected chi connectivity index (χ3v) is 17.5. The molecule has 2 aromatic rings. The van der Waals surface area contributed by atoms with Crippen molar-refractivity contribution in [2.75, 3.05) is 19.7 Å². The van der Waals surface area contributed by atoms with Gasteiger partial charge in [0.1, 0.15) is 16.4 Å². The fourth-order valence-corrected chi connectivity index (χ4v) is 9.22. The van der Waals surface area contributed by atoms with Crippen LogP contribution in [-0.4, -0.2) is 72.2 Å². The largest absolute Gasteiger partial charge is 0.415 e. The van der Waals surface area contributed by atoms with E-state index in [1.165, 1.54) is 22.9 Å². The molecule has 42 heavy (non-hydrogen) atoms. The van der Waals surface area contributed by atoms with Crippen LogP contribution >= 0.6 is 11.6 Å². The molecule has 2 aliphatic carbocycles. The summed E-state index contributed by atoms with van der Waals surface area (Å²) in [6.45, 7) is 11.5. The summed E-state index contributed by atoms with van der Waals surface area (Å²) in [5.41, 5.74) is 0.252. The highest BCUT2D eigenvalue weighted by molar-refractivity contribution is 7.94. The highest BCUT2D eigenvalue weighted by Crippen LogP contribution is 2.57. The monoisotopic (exact) mass is 634 g/mol. The van der Waals surface area contributed by atoms with E-state index in [0.29, 0.717) is 30.8 Å². The van der Waals surface area contributed by atoms with Gasteiger partial charge in [-0.15, -0.1) is 0 Å². The fourth-order valence-electron chi connectivity index (χ4n) is 5.20. The molecule has 0 aromatic carbocycles. The lowest BCUT2D eigenvalue weighted by molar-refractivity contribution is 0.0694. The second-order valence-electron chi connectivity index (χ2n) is 13.4. The minimum absolute atomic E-state index is 0.0233. The Balaban J connectivity index is 1.27. The molecular weight excluding hydrogens is 596 g/mol. The van der Waals surface area contributed by atoms with Gasteiger partial charge in [-0.2, -0.15) is 0 Å². The molecule has 2 amide bonds. The molecule has 1 N–H and O–H groups in total. The lowest BCUT2D eigenvalue weighted by Crippen LogP contribution is -2.52. The van der Waals surface area contributed by atoms with Gasteiger partial charge in [-0.25, -0.2) is 13.4 Å². The summed E-state index contributed by atoms with van der Waals surface area (Å²) in [6, 6.07) is 6.16. The first-order chi connectivity index (χ1) is 19.5. The highest BCUT2D eigenvalue weighted by atomic mass is 35.5. The third kappa shape index (κ3) is 5.46. The Morgan fingerprint density at radius 1 is 1.07 bits per heavy atom. The Hall–Kier alpha value is -2.54. The zero-order valence-electron chi connectivity index (χ0n) is 24.8. The quantitative estimate of drug-likeness (QED) is 0.311. The molecule has 0 atom stereocenters. The van der Waals surface area contributed by atoms with Crippen molar-refractivity contribution >= 4 is 41.6 Å². The van der Waals surface area contributed by atoms with Crippen LogP contribution in [0.3, 0.4) is 0 Å². The van der Waals surface area contributed by atoms with Crippen molar-refractivity contribution in [3.63, 3.8) is 0 Å². The number of carbonyl (C=O) groups excluding carboxylic acids is 2. The average molecular weight is 635 g/mol. The van der Waals surface area contributed by atoms with Crippen LogP contribution in [-0.2, 0) is 27.4 Å². The molecule has 3 heterocycles. The van der Waals surface area contributed by atoms with Crippen molar-refractivity contribution in [1.82, 2.24) is 19.8 Å². The molecule has 2 aromatic heterocycles. The number of fused-ring (bicyclic) bond motifs is 1. The van der Waals surface area contributed by atoms with Gasteiger partial charge in [0.15, 0.2) is 18.2 Å². The second-order valence-corrected chi connectivity index (χ2v) is 21.3. The minimum Gasteiger partial charge on any atom is -0.415 e. The predicted octanol–water partition coefficient (Wildman–Crippen LogP) is 3.78. The van der Waals surface area contributed by atoms with Crippen LogP contribution in [0.1, 0.15) is 72.9 Å². The summed E-state index contributed by atoms with van der Waals surface area (Å²) >= 11 is 5.80. The van der Waals surface area contributed by atoms with Gasteiger partial charge < -0.3 is 19.2 Å². The summed E-state index contributed by atoms with van der Waals surface area (Å²) in [4.78, 5) is 45.0. The fraction of sp³-hybridized carbons (Fsp3) is 0.586. The van der Waals surface area contributed by atoms with E-state index in [4.69, 9.17) is 16.0 Å². The van der Waals surface area contributed by atoms with Crippen LogP contribution in [0.25, 0.3) is 0 Å². The lowest BCUT2D eigenvalue weighted by atomic mass is 10.1. The first-order valence-corrected chi connectivity index (χ1v) is 19.1. The molecule has 10 nitrogen and oxygen atoms in total. The van der Waals surface area contributed by atoms with Gasteiger partial charge in [-0.3, -0.25) is 14.4 Å². The van der Waals surface area contributed by atoms with Gasteiger partial charge in [-0.05, 0) is 67.6 Å². The van der Waals surface area contributed by atoms with E-state index in [1.807, 2.05) is 0 Å². The van der Waals surface area contributed by atoms with Gasteiger partial charge in [0.25, 0.3) is 17.4 Å². The smallest absolute Gasteiger partial charge is 0.270 e. The summed E-state index contributed by atoms with van der Waals surface area (Å²) in [5, 5.41) is 3.02. The number of pyridine rings is 2. The molecule has 5 rings (SSSR count). The van der Waals surface area contributed by atoms with E-state index in [0.717, 1.165) is 5.56 Å². The Morgan fingerprint density at radius 3 is 2.31 bits per heavy atom. The van der Waals surface area contributed by atoms with Crippen LogP contribution in [0.4, 0.5) is 0 Å². The Kier molecular flexibility index (Phi) is 7.77. The lowest BCUT2D eigenvalue weighted by Gasteiger charge is -2.38. The van der Waals surface area contributed by atoms with Gasteiger partial charge >= 0.3 is 0 Å². The van der Waals surface area contributed by atoms with E-state index in [2.05, 4.69) is 44.2 Å². The van der Waals surface area contributed by atoms with Crippen molar-refractivity contribution in [3.8, 4) is 0 Å². The van der Waals surface area contributed by atoms with E-state index < -0.39 is 45.0 Å². The molecule has 0 unspecified atom stereocenters. The van der Waals surface area contributed by atoms with Crippen molar-refractivity contribution in [1.29, 1.82) is 0 Å². The normalized spacial score (nSPS) is 19.3. The third-order valence-electron chi connectivity index (χ3n) is 9.50. The number of nitrogens with zero attached hydrogens (tertiary/aromatic N) is 3. The first-order valence-electron chi connectivity index (χ1n) is 14.3. The highest BCUT2D eigenvalue weighted by Gasteiger charge is 2.68. The number of aromatic nitrogens is 2. The molecule has 13 heteroatoms. The number of nitrogens with one attached hydrogen (secondary N) is 1. The van der Waals surface area contributed by atoms with Gasteiger partial charge in [0.2, 0.25) is 0 Å². The van der Waals surface area contributed by atoms with Gasteiger partial charge in [0.05, 0.1) is 16.1 Å². The van der Waals surface area contributed by atoms with E-state index in [9.17, 15) is 22.8 Å². The molecular formula is C29H39ClN4O6SSi. The maximum atomic E-state index is 14.0. The maximum absolute atomic E-state index is 14.0. The van der Waals surface area contributed by atoms with Crippen molar-refractivity contribution in [3.05, 3.63) is 62.8 Å². The van der Waals surface area contributed by atoms with Crippen molar-refractivity contribution in [2.45, 2.75) is 87.2 Å². The van der Waals surface area contributed by atoms with E-state index >= 15 is 0 Å². The topological polar surface area (TPSA) is 128 Å². The zero-order chi connectivity index (χ0) is 30.7. The molecule has 0 bridgehead atoms. The van der Waals surface area contributed by atoms with Gasteiger partial charge in [0, 0.05) is 32.4 Å². The SMILES string of the molecule is CC(C)(C)[Si](C)(C)OCC1(S(=O)(=O)C2(CN3CCn4c(ccc(C(=O)NCc5ccc(Cl)nc5)c4=O)C3=O)CC2)CC1. The zero-order valence-corrected chi connectivity index (χ0v) is 27.4. The van der Waals surface area contributed by atoms with Crippen LogP contribution in [0, 0.1) is 0 Å². The van der Waals surface area contributed by atoms with Crippen LogP contribution in [0.15, 0.2) is 35.3 Å². The Bertz CT molecular complexity index is 1570. The number of carbonyl (C=O) groups is 2. The minimum atomic E-state index is -3.57. The number of amides is 2. The molecule has 1 aliphatic heterocycles. The van der Waals surface area contributed by atoms with Gasteiger partial charge in [-0.1, -0.05) is 38.4 Å². The molecule has 0 radical (unpaired) electrons. The maximum Gasteiger partial charge on any atom is 0.270 e. The number of hydrogen-bond donors (Lipinski definition) is 1. The molecule has 3 aliphatic rings. The van der Waals surface area contributed by atoms with Crippen LogP contribution in [0.5, 0.6) is 0 Å². The van der Waals surface area contributed by atoms with Crippen molar-refractivity contribution in [2.24, 2.45) is 0 Å². The van der Waals surface area contributed by atoms with Crippen molar-refractivity contribution < 1.29 is 22.4 Å². The number of halogens is 1. The Morgan fingerprint density at radius 2 is 1.74 bits per heavy atom. The Labute approximate surface area is 252 Å². The van der Waals surface area contributed by atoms with Crippen LogP contribution < -0.4 is 10.9 Å². The van der Waals surface area contributed by atoms with E-state index in [1.54, 1.807) is 17.0 Å². The molecule has 0 spiro atoms. The summed E-state index contributed by atoms with van der Waals surface area (Å²) < 4.78 is 33.9. The molecule has 0 saturated heterocycles. The van der Waals surface area contributed by atoms with E-state index in [-0.39, 0.29) is 49.1 Å². The number of hydrogen-bond acceptors (Lipinski definition) is 7. The summed E-state index contributed by atoms with van der Waals surface area (Å²) in [5.74, 6) is -0.959. The number of rotatable bonds is 10. The standard InChI is InChI=1S/C29H39ClN4O6SSi/c1-27(2,3)42(4,5)40-19-29(12-13-29)41(38,39)28(10-11-28)18-33-14-15-34-22(26(33)37)8-7-21(25(34)36)24(35)32-17-20-6-9-23(30)31-16-20/h6-9,16H,10-15,17-19H2,1-5H3,(H,32,35). The summed E-state index contributed by atoms with van der Waals surface area (Å²) in [6.07, 6.45) is 3.72. The van der Waals surface area contributed by atoms with Crippen LogP contribution in [0.2, 0.25) is 23.3 Å². The first kappa shape index (κ1) is 30.9. The molecule has 2 saturated carbocycles.